The minimum atomic E-state index is 0.304. The van der Waals surface area contributed by atoms with Crippen LogP contribution in [0.3, 0.4) is 0 Å². The summed E-state index contributed by atoms with van der Waals surface area (Å²) in [5.41, 5.74) is 7.75. The fourth-order valence-electron chi connectivity index (χ4n) is 1.63. The van der Waals surface area contributed by atoms with Crippen molar-refractivity contribution in [2.75, 3.05) is 5.32 Å². The zero-order chi connectivity index (χ0) is 14.9. The molecule has 0 radical (unpaired) electrons. The molecule has 0 saturated heterocycles. The first-order chi connectivity index (χ1) is 9.36. The van der Waals surface area contributed by atoms with Crippen LogP contribution in [-0.4, -0.2) is 9.97 Å². The summed E-state index contributed by atoms with van der Waals surface area (Å²) in [5.74, 6) is 0.577. The SMILES string of the molecule is Cc1cc(C(N)=S)cc(Nc2cc(Cl)c(Cl)cc2Cl)n1. The summed E-state index contributed by atoms with van der Waals surface area (Å²) in [6.07, 6.45) is 0. The molecule has 0 unspecified atom stereocenters. The predicted octanol–water partition coefficient (Wildman–Crippen LogP) is 4.73. The largest absolute Gasteiger partial charge is 0.389 e. The van der Waals surface area contributed by atoms with Gasteiger partial charge in [0.05, 0.1) is 20.8 Å². The Bertz CT molecular complexity index is 689. The third kappa shape index (κ3) is 3.52. The monoisotopic (exact) mass is 345 g/mol. The number of aromatic nitrogens is 1. The maximum absolute atomic E-state index is 6.11. The van der Waals surface area contributed by atoms with E-state index in [1.54, 1.807) is 18.2 Å². The van der Waals surface area contributed by atoms with Crippen molar-refractivity contribution in [2.24, 2.45) is 5.73 Å². The number of thiocarbonyl (C=S) groups is 1. The van der Waals surface area contributed by atoms with Crippen LogP contribution in [0.2, 0.25) is 15.1 Å². The number of halogens is 3. The van der Waals surface area contributed by atoms with Gasteiger partial charge in [-0.1, -0.05) is 47.0 Å². The minimum absolute atomic E-state index is 0.304. The van der Waals surface area contributed by atoms with Crippen LogP contribution in [0.1, 0.15) is 11.3 Å². The summed E-state index contributed by atoms with van der Waals surface area (Å²) < 4.78 is 0. The Hall–Kier alpha value is -1.07. The Morgan fingerprint density at radius 2 is 1.75 bits per heavy atom. The van der Waals surface area contributed by atoms with Gasteiger partial charge in [-0.05, 0) is 31.2 Å². The summed E-state index contributed by atoms with van der Waals surface area (Å²) in [7, 11) is 0. The van der Waals surface area contributed by atoms with Gasteiger partial charge in [-0.2, -0.15) is 0 Å². The van der Waals surface area contributed by atoms with Gasteiger partial charge >= 0.3 is 0 Å². The van der Waals surface area contributed by atoms with Crippen LogP contribution in [0.4, 0.5) is 11.5 Å². The van der Waals surface area contributed by atoms with E-state index in [4.69, 9.17) is 52.8 Å². The summed E-state index contributed by atoms with van der Waals surface area (Å²) in [6, 6.07) is 6.76. The van der Waals surface area contributed by atoms with Crippen molar-refractivity contribution >= 4 is 63.5 Å². The van der Waals surface area contributed by atoms with E-state index in [9.17, 15) is 0 Å². The van der Waals surface area contributed by atoms with Gasteiger partial charge in [0.25, 0.3) is 0 Å². The van der Waals surface area contributed by atoms with Crippen LogP contribution < -0.4 is 11.1 Å². The number of benzene rings is 1. The van der Waals surface area contributed by atoms with Crippen molar-refractivity contribution in [2.45, 2.75) is 6.92 Å². The summed E-state index contributed by atoms with van der Waals surface area (Å²) >= 11 is 22.9. The number of rotatable bonds is 3. The molecular weight excluding hydrogens is 337 g/mol. The lowest BCUT2D eigenvalue weighted by atomic mass is 10.2. The van der Waals surface area contributed by atoms with Crippen LogP contribution in [0.25, 0.3) is 0 Å². The molecule has 1 aromatic heterocycles. The third-order valence-electron chi connectivity index (χ3n) is 2.51. The highest BCUT2D eigenvalue weighted by molar-refractivity contribution is 7.80. The average Bonchev–Trinajstić information content (AvgIpc) is 2.35. The normalized spacial score (nSPS) is 10.4. The highest BCUT2D eigenvalue weighted by Gasteiger charge is 2.08. The van der Waals surface area contributed by atoms with E-state index in [1.165, 1.54) is 0 Å². The van der Waals surface area contributed by atoms with E-state index in [1.807, 2.05) is 13.0 Å². The zero-order valence-corrected chi connectivity index (χ0v) is 13.5. The Morgan fingerprint density at radius 3 is 2.40 bits per heavy atom. The van der Waals surface area contributed by atoms with E-state index in [0.717, 1.165) is 11.3 Å². The quantitative estimate of drug-likeness (QED) is 0.623. The molecule has 20 heavy (non-hydrogen) atoms. The molecule has 1 heterocycles. The highest BCUT2D eigenvalue weighted by atomic mass is 35.5. The Kier molecular flexibility index (Phi) is 4.70. The summed E-state index contributed by atoms with van der Waals surface area (Å²) in [6.45, 7) is 1.85. The molecule has 0 aliphatic carbocycles. The molecule has 0 amide bonds. The van der Waals surface area contributed by atoms with E-state index in [2.05, 4.69) is 10.3 Å². The van der Waals surface area contributed by atoms with Gasteiger partial charge in [-0.3, -0.25) is 0 Å². The van der Waals surface area contributed by atoms with Crippen LogP contribution in [0.15, 0.2) is 24.3 Å². The van der Waals surface area contributed by atoms with Crippen LogP contribution in [0, 0.1) is 6.92 Å². The molecule has 3 nitrogen and oxygen atoms in total. The van der Waals surface area contributed by atoms with Crippen molar-refractivity contribution in [1.82, 2.24) is 4.98 Å². The molecule has 1 aromatic carbocycles. The molecular formula is C13H10Cl3N3S. The second-order valence-electron chi connectivity index (χ2n) is 4.12. The van der Waals surface area contributed by atoms with Crippen LogP contribution in [-0.2, 0) is 0 Å². The maximum atomic E-state index is 6.11. The topological polar surface area (TPSA) is 50.9 Å². The van der Waals surface area contributed by atoms with Crippen LogP contribution >= 0.6 is 47.0 Å². The number of hydrogen-bond acceptors (Lipinski definition) is 3. The molecule has 7 heteroatoms. The molecule has 0 bridgehead atoms. The molecule has 0 fully saturated rings. The summed E-state index contributed by atoms with van der Waals surface area (Å²) in [4.78, 5) is 4.65. The number of aryl methyl sites for hydroxylation is 1. The number of nitrogens with one attached hydrogen (secondary N) is 1. The molecule has 3 N–H and O–H groups in total. The second kappa shape index (κ2) is 6.14. The molecule has 0 aliphatic rings. The van der Waals surface area contributed by atoms with Crippen molar-refractivity contribution in [1.29, 1.82) is 0 Å². The second-order valence-corrected chi connectivity index (χ2v) is 5.78. The number of nitrogens with zero attached hydrogens (tertiary/aromatic N) is 1. The molecule has 2 rings (SSSR count). The van der Waals surface area contributed by atoms with Crippen LogP contribution in [0.5, 0.6) is 0 Å². The van der Waals surface area contributed by atoms with Crippen molar-refractivity contribution < 1.29 is 0 Å². The fourth-order valence-corrected chi connectivity index (χ4v) is 2.34. The van der Waals surface area contributed by atoms with Gasteiger partial charge < -0.3 is 11.1 Å². The molecule has 0 atom stereocenters. The van der Waals surface area contributed by atoms with Gasteiger partial charge in [0, 0.05) is 11.3 Å². The Morgan fingerprint density at radius 1 is 1.10 bits per heavy atom. The molecule has 0 aliphatic heterocycles. The van der Waals surface area contributed by atoms with E-state index < -0.39 is 0 Å². The molecule has 2 aromatic rings. The van der Waals surface area contributed by atoms with Gasteiger partial charge in [-0.25, -0.2) is 4.98 Å². The zero-order valence-electron chi connectivity index (χ0n) is 10.4. The minimum Gasteiger partial charge on any atom is -0.389 e. The molecule has 0 saturated carbocycles. The fraction of sp³-hybridized carbons (Fsp3) is 0.0769. The smallest absolute Gasteiger partial charge is 0.131 e. The number of pyridine rings is 1. The lowest BCUT2D eigenvalue weighted by Gasteiger charge is -2.11. The van der Waals surface area contributed by atoms with Gasteiger partial charge in [0.15, 0.2) is 0 Å². The van der Waals surface area contributed by atoms with Crippen molar-refractivity contribution in [3.63, 3.8) is 0 Å². The highest BCUT2D eigenvalue weighted by Crippen LogP contribution is 2.33. The first-order valence-electron chi connectivity index (χ1n) is 5.57. The Labute approximate surface area is 137 Å². The average molecular weight is 347 g/mol. The number of hydrogen-bond donors (Lipinski definition) is 2. The van der Waals surface area contributed by atoms with E-state index in [-0.39, 0.29) is 0 Å². The van der Waals surface area contributed by atoms with Gasteiger partial charge in [-0.15, -0.1) is 0 Å². The molecule has 104 valence electrons. The number of anilines is 2. The Balaban J connectivity index is 2.40. The van der Waals surface area contributed by atoms with Gasteiger partial charge in [0.2, 0.25) is 0 Å². The standard InChI is InChI=1S/C13H10Cl3N3S/c1-6-2-7(13(17)20)3-12(18-6)19-11-5-9(15)8(14)4-10(11)16/h2-5H,1H3,(H2,17,20)(H,18,19). The maximum Gasteiger partial charge on any atom is 0.131 e. The predicted molar refractivity (Wildman–Crippen MR) is 89.6 cm³/mol. The first-order valence-corrected chi connectivity index (χ1v) is 7.11. The van der Waals surface area contributed by atoms with E-state index in [0.29, 0.717) is 31.6 Å². The van der Waals surface area contributed by atoms with E-state index >= 15 is 0 Å². The van der Waals surface area contributed by atoms with Crippen molar-refractivity contribution in [3.05, 3.63) is 50.6 Å². The van der Waals surface area contributed by atoms with Crippen molar-refractivity contribution in [3.8, 4) is 0 Å². The lowest BCUT2D eigenvalue weighted by Crippen LogP contribution is -2.10. The molecule has 0 spiro atoms. The van der Waals surface area contributed by atoms with Gasteiger partial charge in [0.1, 0.15) is 10.8 Å². The summed E-state index contributed by atoms with van der Waals surface area (Å²) in [5, 5.41) is 4.31. The number of nitrogens with two attached hydrogens (primary N) is 1. The lowest BCUT2D eigenvalue weighted by molar-refractivity contribution is 1.19. The first kappa shape index (κ1) is 15.3. The third-order valence-corrected chi connectivity index (χ3v) is 3.78.